The second-order valence-electron chi connectivity index (χ2n) is 22.6. The Morgan fingerprint density at radius 1 is 0.143 bits per heavy atom. The van der Waals surface area contributed by atoms with Gasteiger partial charge in [-0.2, -0.15) is 0 Å². The summed E-state index contributed by atoms with van der Waals surface area (Å²) in [6.45, 7) is 0. The Kier molecular flexibility index (Phi) is 9.73. The number of aromatic nitrogens is 6. The van der Waals surface area contributed by atoms with Crippen LogP contribution < -0.4 is 14.6 Å². The van der Waals surface area contributed by atoms with Crippen molar-refractivity contribution in [1.82, 2.24) is 40.6 Å². The van der Waals surface area contributed by atoms with E-state index in [1.54, 1.807) is 0 Å². The van der Waals surface area contributed by atoms with Crippen LogP contribution in [0.4, 0.5) is 0 Å². The number of nitrogens with zero attached hydrogens (tertiary/aromatic N) is 6. The van der Waals surface area contributed by atoms with E-state index < -0.39 is 23.6 Å². The molecule has 1 fully saturated rings. The van der Waals surface area contributed by atoms with Gasteiger partial charge in [-0.1, -0.05) is 0 Å². The molecule has 0 amide bonds. The molecule has 1 saturated heterocycles. The molecule has 9 nitrogen and oxygen atoms in total. The van der Waals surface area contributed by atoms with Crippen LogP contribution in [-0.4, -0.2) is 26.0 Å². The fourth-order valence-corrected chi connectivity index (χ4v) is 36.2. The van der Waals surface area contributed by atoms with Crippen LogP contribution in [0.15, 0.2) is 291 Å². The molecule has 0 aliphatic carbocycles. The van der Waals surface area contributed by atoms with Crippen molar-refractivity contribution in [3.05, 3.63) is 291 Å². The first-order chi connectivity index (χ1) is 41.7. The molecule has 0 radical (unpaired) electrons. The number of hydrogen-bond acceptors (Lipinski definition) is 3. The molecule has 12 aromatic carbocycles. The van der Waals surface area contributed by atoms with Gasteiger partial charge in [-0.15, -0.1) is 0 Å². The van der Waals surface area contributed by atoms with Crippen molar-refractivity contribution < 1.29 is 0 Å². The molecule has 18 aromatic rings. The van der Waals surface area contributed by atoms with E-state index in [0.29, 0.717) is 0 Å². The van der Waals surface area contributed by atoms with Crippen LogP contribution >= 0.6 is 23.6 Å². The molecule has 12 heteroatoms. The van der Waals surface area contributed by atoms with Crippen molar-refractivity contribution in [2.24, 2.45) is 0 Å². The van der Waals surface area contributed by atoms with Gasteiger partial charge in [-0.25, -0.2) is 0 Å². The maximum absolute atomic E-state index is 5.21. The molecule has 0 unspecified atom stereocenters. The number of benzene rings is 12. The molecule has 1 aliphatic heterocycles. The molecule has 84 heavy (non-hydrogen) atoms. The van der Waals surface area contributed by atoms with Gasteiger partial charge in [-0.05, 0) is 0 Å². The zero-order valence-electron chi connectivity index (χ0n) is 45.4. The average Bonchev–Trinajstić information content (AvgIpc) is 2.09. The predicted molar refractivity (Wildman–Crippen MR) is 363 cm³/mol. The first-order valence-corrected chi connectivity index (χ1v) is 34.6. The summed E-state index contributed by atoms with van der Waals surface area (Å²) >= 11 is 0. The number of fused-ring (bicyclic) bond motifs is 18. The van der Waals surface area contributed by atoms with Gasteiger partial charge in [0.1, 0.15) is 0 Å². The van der Waals surface area contributed by atoms with Crippen LogP contribution in [0.25, 0.3) is 131 Å². The topological polar surface area (TPSA) is 65.7 Å². The fourth-order valence-electron chi connectivity index (χ4n) is 15.4. The fraction of sp³-hybridized carbons (Fsp3) is 0. The van der Waals surface area contributed by atoms with Crippen LogP contribution in [0.5, 0.6) is 0 Å². The van der Waals surface area contributed by atoms with E-state index in [1.807, 2.05) is 0 Å². The van der Waals surface area contributed by atoms with Gasteiger partial charge in [0.15, 0.2) is 0 Å². The van der Waals surface area contributed by atoms with Gasteiger partial charge < -0.3 is 0 Å². The van der Waals surface area contributed by atoms with Crippen LogP contribution in [-0.2, 0) is 0 Å². The van der Waals surface area contributed by atoms with Gasteiger partial charge in [0.05, 0.1) is 0 Å². The van der Waals surface area contributed by atoms with Gasteiger partial charge in [0, 0.05) is 0 Å². The molecule has 1 aliphatic rings. The van der Waals surface area contributed by atoms with Crippen LogP contribution in [0, 0.1) is 0 Å². The van der Waals surface area contributed by atoms with Gasteiger partial charge in [-0.3, -0.25) is 0 Å². The molecular weight excluding hydrogens is 1080 g/mol. The zero-order valence-corrected chi connectivity index (χ0v) is 48.4. The van der Waals surface area contributed by atoms with Crippen molar-refractivity contribution in [3.8, 4) is 0 Å². The molecule has 3 N–H and O–H groups in total. The molecule has 6 aromatic heterocycles. The zero-order chi connectivity index (χ0) is 54.9. The second kappa shape index (κ2) is 17.3. The maximum atomic E-state index is 5.21. The SMILES string of the molecule is c1ccc2c(c1)c1ccccc1n2[PH]1(n2c3ccccc3c3ccccc32)N[PH](n2c3ccccc3c3ccccc32)(n2c3ccccc3c3ccccc32)N[PH](n2c3ccccc3c3ccccc32)(n2c3ccccc3c3ccccc32)N1. The van der Waals surface area contributed by atoms with Crippen LogP contribution in [0.1, 0.15) is 0 Å². The van der Waals surface area contributed by atoms with E-state index in [2.05, 4.69) is 317 Å². The first-order valence-electron chi connectivity index (χ1n) is 29.0. The molecular formula is C72H54N9P3. The average molecular weight is 1140 g/mol. The van der Waals surface area contributed by atoms with E-state index in [0.717, 1.165) is 66.2 Å². The third-order valence-corrected chi connectivity index (χ3v) is 33.6. The van der Waals surface area contributed by atoms with Gasteiger partial charge in [0.2, 0.25) is 0 Å². The Bertz CT molecular complexity index is 4560. The normalized spacial score (nSPS) is 16.4. The summed E-state index contributed by atoms with van der Waals surface area (Å²) in [5, 5.41) is 14.4. The molecule has 0 bridgehead atoms. The summed E-state index contributed by atoms with van der Waals surface area (Å²) in [6.07, 6.45) is 0. The number of hydrogen-bond donors (Lipinski definition) is 3. The van der Waals surface area contributed by atoms with E-state index in [-0.39, 0.29) is 0 Å². The van der Waals surface area contributed by atoms with Crippen LogP contribution in [0.3, 0.4) is 0 Å². The molecule has 402 valence electrons. The van der Waals surface area contributed by atoms with Crippen LogP contribution in [0.2, 0.25) is 0 Å². The molecule has 0 spiro atoms. The Hall–Kier alpha value is -9.39. The summed E-state index contributed by atoms with van der Waals surface area (Å²) in [5.74, 6) is 0. The third-order valence-electron chi connectivity index (χ3n) is 18.5. The predicted octanol–water partition coefficient (Wildman–Crippen LogP) is 18.9. The van der Waals surface area contributed by atoms with Crippen molar-refractivity contribution in [2.45, 2.75) is 0 Å². The summed E-state index contributed by atoms with van der Waals surface area (Å²) in [6, 6.07) is 110. The quantitative estimate of drug-likeness (QED) is 0.145. The van der Waals surface area contributed by atoms with E-state index >= 15 is 0 Å². The summed E-state index contributed by atoms with van der Waals surface area (Å²) < 4.78 is 16.8. The number of nitrogens with one attached hydrogen (secondary N) is 3. The summed E-state index contributed by atoms with van der Waals surface area (Å²) in [7, 11) is -12.8. The van der Waals surface area contributed by atoms with Crippen molar-refractivity contribution in [2.75, 3.05) is 0 Å². The Balaban J connectivity index is 1.16. The molecule has 0 atom stereocenters. The minimum atomic E-state index is -4.27. The van der Waals surface area contributed by atoms with E-state index in [9.17, 15) is 0 Å². The molecule has 0 saturated carbocycles. The van der Waals surface area contributed by atoms with Gasteiger partial charge in [0.25, 0.3) is 0 Å². The monoisotopic (exact) mass is 1140 g/mol. The van der Waals surface area contributed by atoms with Crippen molar-refractivity contribution in [3.63, 3.8) is 0 Å². The molecule has 7 heterocycles. The third kappa shape index (κ3) is 6.02. The van der Waals surface area contributed by atoms with Crippen molar-refractivity contribution >= 4 is 154 Å². The Morgan fingerprint density at radius 2 is 0.238 bits per heavy atom. The Labute approximate surface area is 483 Å². The Morgan fingerprint density at radius 3 is 0.345 bits per heavy atom. The first kappa shape index (κ1) is 47.1. The standard InChI is InChI=1S/C72H54N9P3/c1-13-37-61-49(25-1)50-26-2-14-38-62(50)76(61)82(77-63-39-15-3-27-51(63)52-28-4-16-40-64(52)77)73-83(78-65-41-17-5-29-53(65)54-30-6-18-42-66(54)78,79-67-43-19-7-31-55(67)56-32-8-20-44-68(56)79)75-84(74-82,80-69-45-21-9-33-57(69)58-34-10-22-46-70(58)80)81-71-47-23-11-35-59(71)60-36-12-24-48-72(60)81/h1-48,73-75,82-84H. The minimum absolute atomic E-state index is 1.15. The van der Waals surface area contributed by atoms with Crippen molar-refractivity contribution in [1.29, 1.82) is 0 Å². The second-order valence-corrected chi connectivity index (χ2v) is 32.3. The summed E-state index contributed by atoms with van der Waals surface area (Å²) in [4.78, 5) is 15.6. The number of para-hydroxylation sites is 12. The molecule has 19 rings (SSSR count). The van der Waals surface area contributed by atoms with E-state index in [1.165, 1.54) is 64.6 Å². The van der Waals surface area contributed by atoms with E-state index in [4.69, 9.17) is 14.6 Å². The summed E-state index contributed by atoms with van der Waals surface area (Å²) in [5.41, 5.74) is 13.8. The van der Waals surface area contributed by atoms with Gasteiger partial charge >= 0.3 is 486 Å². The number of rotatable bonds is 6.